The standard InChI is InChI=1S/C17H18N2O2S2/c1-18-10-11-22-17-7-6-14(12-16(17)18)23(20,21)19-9-8-13-4-2-3-5-15(13)19/h2-7,12H,8-11H2,1H3. The van der Waals surface area contributed by atoms with E-state index >= 15 is 0 Å². The van der Waals surface area contributed by atoms with E-state index in [-0.39, 0.29) is 0 Å². The number of fused-ring (bicyclic) bond motifs is 2. The van der Waals surface area contributed by atoms with Gasteiger partial charge in [-0.05, 0) is 36.2 Å². The summed E-state index contributed by atoms with van der Waals surface area (Å²) >= 11 is 1.78. The molecule has 0 amide bonds. The minimum Gasteiger partial charge on any atom is -0.373 e. The predicted molar refractivity (Wildman–Crippen MR) is 95.1 cm³/mol. The summed E-state index contributed by atoms with van der Waals surface area (Å²) in [5.41, 5.74) is 2.92. The molecule has 2 aliphatic heterocycles. The Morgan fingerprint density at radius 1 is 1.04 bits per heavy atom. The van der Waals surface area contributed by atoms with Gasteiger partial charge in [0.2, 0.25) is 0 Å². The number of para-hydroxylation sites is 1. The molecule has 0 N–H and O–H groups in total. The zero-order chi connectivity index (χ0) is 16.0. The molecule has 0 saturated heterocycles. The maximum atomic E-state index is 13.1. The minimum absolute atomic E-state index is 0.377. The Hall–Kier alpha value is -1.66. The van der Waals surface area contributed by atoms with Crippen LogP contribution in [0.25, 0.3) is 0 Å². The van der Waals surface area contributed by atoms with Gasteiger partial charge in [-0.15, -0.1) is 11.8 Å². The van der Waals surface area contributed by atoms with Crippen molar-refractivity contribution in [2.24, 2.45) is 0 Å². The molecule has 120 valence electrons. The Labute approximate surface area is 141 Å². The monoisotopic (exact) mass is 346 g/mol. The molecule has 0 fully saturated rings. The van der Waals surface area contributed by atoms with Gasteiger partial charge in [0.25, 0.3) is 10.0 Å². The van der Waals surface area contributed by atoms with Crippen LogP contribution >= 0.6 is 11.8 Å². The highest BCUT2D eigenvalue weighted by Crippen LogP contribution is 2.38. The van der Waals surface area contributed by atoms with Crippen molar-refractivity contribution in [3.8, 4) is 0 Å². The molecule has 0 saturated carbocycles. The molecule has 0 radical (unpaired) electrons. The molecule has 2 aliphatic rings. The minimum atomic E-state index is -3.51. The molecule has 23 heavy (non-hydrogen) atoms. The van der Waals surface area contributed by atoms with Gasteiger partial charge in [0.1, 0.15) is 0 Å². The van der Waals surface area contributed by atoms with E-state index in [1.165, 1.54) is 0 Å². The molecule has 6 heteroatoms. The highest BCUT2D eigenvalue weighted by atomic mass is 32.2. The lowest BCUT2D eigenvalue weighted by Gasteiger charge is -2.28. The molecule has 0 aliphatic carbocycles. The summed E-state index contributed by atoms with van der Waals surface area (Å²) < 4.78 is 27.7. The van der Waals surface area contributed by atoms with Crippen molar-refractivity contribution in [3.05, 3.63) is 48.0 Å². The Morgan fingerprint density at radius 2 is 1.87 bits per heavy atom. The second-order valence-corrected chi connectivity index (χ2v) is 8.85. The Bertz CT molecular complexity index is 865. The van der Waals surface area contributed by atoms with Gasteiger partial charge in [-0.2, -0.15) is 0 Å². The maximum absolute atomic E-state index is 13.1. The van der Waals surface area contributed by atoms with Crippen LogP contribution in [0, 0.1) is 0 Å². The van der Waals surface area contributed by atoms with Gasteiger partial charge >= 0.3 is 0 Å². The lowest BCUT2D eigenvalue weighted by atomic mass is 10.2. The smallest absolute Gasteiger partial charge is 0.264 e. The van der Waals surface area contributed by atoms with Gasteiger partial charge in [0, 0.05) is 30.8 Å². The third-order valence-electron chi connectivity index (χ3n) is 4.46. The van der Waals surface area contributed by atoms with Crippen molar-refractivity contribution >= 4 is 33.2 Å². The van der Waals surface area contributed by atoms with E-state index in [0.717, 1.165) is 40.6 Å². The fraction of sp³-hybridized carbons (Fsp3) is 0.294. The highest BCUT2D eigenvalue weighted by molar-refractivity contribution is 7.99. The van der Waals surface area contributed by atoms with Crippen LogP contribution in [0.1, 0.15) is 5.56 Å². The SMILES string of the molecule is CN1CCSc2ccc(S(=O)(=O)N3CCc4ccccc43)cc21. The second-order valence-electron chi connectivity index (χ2n) is 5.86. The van der Waals surface area contributed by atoms with Crippen LogP contribution in [0.5, 0.6) is 0 Å². The lowest BCUT2D eigenvalue weighted by Crippen LogP contribution is -2.30. The largest absolute Gasteiger partial charge is 0.373 e. The normalized spacial score (nSPS) is 17.1. The summed E-state index contributed by atoms with van der Waals surface area (Å²) in [6.07, 6.45) is 0.774. The van der Waals surface area contributed by atoms with Gasteiger partial charge in [-0.3, -0.25) is 4.31 Å². The quantitative estimate of drug-likeness (QED) is 0.838. The number of benzene rings is 2. The Balaban J connectivity index is 1.77. The maximum Gasteiger partial charge on any atom is 0.264 e. The topological polar surface area (TPSA) is 40.6 Å². The summed E-state index contributed by atoms with van der Waals surface area (Å²) in [6, 6.07) is 13.2. The van der Waals surface area contributed by atoms with Crippen LogP contribution in [-0.2, 0) is 16.4 Å². The van der Waals surface area contributed by atoms with Crippen LogP contribution in [0.2, 0.25) is 0 Å². The van der Waals surface area contributed by atoms with Crippen molar-refractivity contribution < 1.29 is 8.42 Å². The third-order valence-corrected chi connectivity index (χ3v) is 7.31. The molecule has 2 heterocycles. The summed E-state index contributed by atoms with van der Waals surface area (Å²) in [5, 5.41) is 0. The first-order chi connectivity index (χ1) is 11.1. The number of sulfonamides is 1. The number of hydrogen-bond acceptors (Lipinski definition) is 4. The zero-order valence-electron chi connectivity index (χ0n) is 12.9. The van der Waals surface area contributed by atoms with E-state index in [9.17, 15) is 8.42 Å². The van der Waals surface area contributed by atoms with Crippen LogP contribution in [0.4, 0.5) is 11.4 Å². The molecule has 0 spiro atoms. The van der Waals surface area contributed by atoms with E-state index in [4.69, 9.17) is 0 Å². The van der Waals surface area contributed by atoms with Crippen LogP contribution < -0.4 is 9.21 Å². The van der Waals surface area contributed by atoms with Crippen molar-refractivity contribution in [3.63, 3.8) is 0 Å². The number of nitrogens with zero attached hydrogens (tertiary/aromatic N) is 2. The predicted octanol–water partition coefficient (Wildman–Crippen LogP) is 2.98. The summed E-state index contributed by atoms with van der Waals surface area (Å²) in [5.74, 6) is 1.04. The van der Waals surface area contributed by atoms with E-state index < -0.39 is 10.0 Å². The first-order valence-corrected chi connectivity index (χ1v) is 10.1. The molecular formula is C17H18N2O2S2. The molecule has 0 aromatic heterocycles. The fourth-order valence-corrected chi connectivity index (χ4v) is 5.81. The summed E-state index contributed by atoms with van der Waals surface area (Å²) in [4.78, 5) is 3.66. The van der Waals surface area contributed by atoms with E-state index in [1.54, 1.807) is 22.1 Å². The van der Waals surface area contributed by atoms with Crippen molar-refractivity contribution in [2.45, 2.75) is 16.2 Å². The van der Waals surface area contributed by atoms with Gasteiger partial charge in [0.15, 0.2) is 0 Å². The average molecular weight is 346 g/mol. The highest BCUT2D eigenvalue weighted by Gasteiger charge is 2.31. The van der Waals surface area contributed by atoms with E-state index in [2.05, 4.69) is 4.90 Å². The van der Waals surface area contributed by atoms with E-state index in [1.807, 2.05) is 43.4 Å². The fourth-order valence-electron chi connectivity index (χ4n) is 3.18. The third kappa shape index (κ3) is 2.40. The Kier molecular flexibility index (Phi) is 3.54. The molecule has 0 bridgehead atoms. The second kappa shape index (κ2) is 5.46. The molecule has 2 aromatic rings. The summed E-state index contributed by atoms with van der Waals surface area (Å²) in [7, 11) is -1.50. The first kappa shape index (κ1) is 14.9. The van der Waals surface area contributed by atoms with Crippen molar-refractivity contribution in [2.75, 3.05) is 35.1 Å². The average Bonchev–Trinajstić information content (AvgIpc) is 3.00. The molecule has 2 aromatic carbocycles. The summed E-state index contributed by atoms with van der Waals surface area (Å²) in [6.45, 7) is 1.46. The van der Waals surface area contributed by atoms with Crippen LogP contribution in [0.3, 0.4) is 0 Å². The molecule has 4 rings (SSSR count). The number of thioether (sulfide) groups is 1. The van der Waals surface area contributed by atoms with Gasteiger partial charge in [-0.25, -0.2) is 8.42 Å². The van der Waals surface area contributed by atoms with E-state index in [0.29, 0.717) is 11.4 Å². The number of anilines is 2. The lowest BCUT2D eigenvalue weighted by molar-refractivity contribution is 0.592. The van der Waals surface area contributed by atoms with Crippen LogP contribution in [-0.4, -0.2) is 34.3 Å². The van der Waals surface area contributed by atoms with Crippen molar-refractivity contribution in [1.82, 2.24) is 0 Å². The van der Waals surface area contributed by atoms with Crippen molar-refractivity contribution in [1.29, 1.82) is 0 Å². The van der Waals surface area contributed by atoms with Gasteiger partial charge < -0.3 is 4.90 Å². The zero-order valence-corrected chi connectivity index (χ0v) is 14.5. The van der Waals surface area contributed by atoms with Gasteiger partial charge in [0.05, 0.1) is 16.3 Å². The molecule has 0 atom stereocenters. The molecular weight excluding hydrogens is 328 g/mol. The van der Waals surface area contributed by atoms with Crippen LogP contribution in [0.15, 0.2) is 52.3 Å². The molecule has 4 nitrogen and oxygen atoms in total. The number of hydrogen-bond donors (Lipinski definition) is 0. The molecule has 0 unspecified atom stereocenters. The Morgan fingerprint density at radius 3 is 2.74 bits per heavy atom. The van der Waals surface area contributed by atoms with Gasteiger partial charge in [-0.1, -0.05) is 18.2 Å². The first-order valence-electron chi connectivity index (χ1n) is 7.66. The number of rotatable bonds is 2.